The van der Waals surface area contributed by atoms with E-state index in [0.717, 1.165) is 10.9 Å². The van der Waals surface area contributed by atoms with Crippen LogP contribution >= 0.6 is 23.2 Å². The van der Waals surface area contributed by atoms with Crippen LogP contribution in [0.4, 0.5) is 0 Å². The zero-order chi connectivity index (χ0) is 14.3. The van der Waals surface area contributed by atoms with Crippen LogP contribution in [0.2, 0.25) is 10.2 Å². The maximum Gasteiger partial charge on any atom is 0.154 e. The van der Waals surface area contributed by atoms with Crippen molar-refractivity contribution in [3.63, 3.8) is 0 Å². The quantitative estimate of drug-likeness (QED) is 0.601. The van der Waals surface area contributed by atoms with Crippen molar-refractivity contribution in [2.75, 3.05) is 0 Å². The first-order valence-corrected chi connectivity index (χ1v) is 7.02. The van der Waals surface area contributed by atoms with Crippen molar-refractivity contribution in [3.8, 4) is 11.5 Å². The van der Waals surface area contributed by atoms with Crippen LogP contribution < -0.4 is 0 Å². The smallest absolute Gasteiger partial charge is 0.154 e. The van der Waals surface area contributed by atoms with Gasteiger partial charge in [-0.2, -0.15) is 0 Å². The molecule has 102 valence electrons. The predicted molar refractivity (Wildman–Crippen MR) is 81.3 cm³/mol. The molecular weight excluding hydrogens is 295 g/mol. The van der Waals surface area contributed by atoms with Gasteiger partial charge in [0.1, 0.15) is 17.2 Å². The molecule has 5 heteroatoms. The molecule has 0 aliphatic carbocycles. The molecule has 1 aromatic carbocycles. The molecule has 0 aliphatic heterocycles. The van der Waals surface area contributed by atoms with Crippen LogP contribution in [0.25, 0.3) is 22.4 Å². The summed E-state index contributed by atoms with van der Waals surface area (Å²) in [7, 11) is 0. The Morgan fingerprint density at radius 3 is 2.65 bits per heavy atom. The van der Waals surface area contributed by atoms with Gasteiger partial charge in [-0.3, -0.25) is 0 Å². The number of furan rings is 1. The minimum Gasteiger partial charge on any atom is -0.453 e. The van der Waals surface area contributed by atoms with Crippen molar-refractivity contribution in [1.29, 1.82) is 0 Å². The van der Waals surface area contributed by atoms with Crippen LogP contribution in [0.1, 0.15) is 25.3 Å². The SMILES string of the molecule is CC(C)c1c(Cl)ncnc1-c1cc2cccc(Cl)c2o1. The van der Waals surface area contributed by atoms with Crippen molar-refractivity contribution in [1.82, 2.24) is 9.97 Å². The highest BCUT2D eigenvalue weighted by atomic mass is 35.5. The number of rotatable bonds is 2. The first-order valence-electron chi connectivity index (χ1n) is 6.26. The normalized spacial score (nSPS) is 11.4. The lowest BCUT2D eigenvalue weighted by molar-refractivity contribution is 0.625. The molecule has 2 heterocycles. The lowest BCUT2D eigenvalue weighted by atomic mass is 10.0. The summed E-state index contributed by atoms with van der Waals surface area (Å²) in [6.07, 6.45) is 1.44. The molecule has 0 atom stereocenters. The number of hydrogen-bond donors (Lipinski definition) is 0. The monoisotopic (exact) mass is 306 g/mol. The minimum atomic E-state index is 0.197. The standard InChI is InChI=1S/C15H12Cl2N2O/c1-8(2)12-13(18-7-19-15(12)17)11-6-9-4-3-5-10(16)14(9)20-11/h3-8H,1-2H3. The van der Waals surface area contributed by atoms with Gasteiger partial charge in [0, 0.05) is 10.9 Å². The molecule has 0 bridgehead atoms. The molecule has 3 rings (SSSR count). The second-order valence-electron chi connectivity index (χ2n) is 4.85. The first-order chi connectivity index (χ1) is 9.58. The predicted octanol–water partition coefficient (Wildman–Crippen LogP) is 5.32. The van der Waals surface area contributed by atoms with E-state index in [4.69, 9.17) is 27.6 Å². The van der Waals surface area contributed by atoms with Crippen molar-refractivity contribution in [2.45, 2.75) is 19.8 Å². The number of para-hydroxylation sites is 1. The highest BCUT2D eigenvalue weighted by Crippen LogP contribution is 2.36. The summed E-state index contributed by atoms with van der Waals surface area (Å²) in [5.41, 5.74) is 2.25. The zero-order valence-corrected chi connectivity index (χ0v) is 12.5. The Hall–Kier alpha value is -1.58. The molecule has 0 aliphatic rings. The molecule has 2 aromatic heterocycles. The summed E-state index contributed by atoms with van der Waals surface area (Å²) in [6, 6.07) is 7.56. The van der Waals surface area contributed by atoms with Gasteiger partial charge in [0.15, 0.2) is 11.3 Å². The third-order valence-corrected chi connectivity index (χ3v) is 3.74. The Morgan fingerprint density at radius 2 is 1.95 bits per heavy atom. The van der Waals surface area contributed by atoms with E-state index in [1.165, 1.54) is 6.33 Å². The van der Waals surface area contributed by atoms with Gasteiger partial charge in [-0.15, -0.1) is 0 Å². The number of aromatic nitrogens is 2. The Bertz CT molecular complexity index is 781. The Kier molecular flexibility index (Phi) is 3.40. The minimum absolute atomic E-state index is 0.197. The number of fused-ring (bicyclic) bond motifs is 1. The Morgan fingerprint density at radius 1 is 1.15 bits per heavy atom. The molecule has 0 saturated carbocycles. The van der Waals surface area contributed by atoms with Gasteiger partial charge in [-0.05, 0) is 18.1 Å². The van der Waals surface area contributed by atoms with Gasteiger partial charge >= 0.3 is 0 Å². The van der Waals surface area contributed by atoms with Crippen LogP contribution in [0.15, 0.2) is 35.0 Å². The molecule has 3 aromatic rings. The summed E-state index contributed by atoms with van der Waals surface area (Å²) in [5, 5.41) is 1.98. The van der Waals surface area contributed by atoms with Gasteiger partial charge < -0.3 is 4.42 Å². The largest absolute Gasteiger partial charge is 0.453 e. The van der Waals surface area contributed by atoms with Gasteiger partial charge in [0.2, 0.25) is 0 Å². The molecule has 0 spiro atoms. The first kappa shape index (κ1) is 13.4. The highest BCUT2D eigenvalue weighted by Gasteiger charge is 2.18. The topological polar surface area (TPSA) is 38.9 Å². The molecule has 0 saturated heterocycles. The third kappa shape index (κ3) is 2.17. The van der Waals surface area contributed by atoms with E-state index in [-0.39, 0.29) is 5.92 Å². The number of benzene rings is 1. The fourth-order valence-corrected chi connectivity index (χ4v) is 2.80. The van der Waals surface area contributed by atoms with E-state index >= 15 is 0 Å². The lowest BCUT2D eigenvalue weighted by Crippen LogP contribution is -1.98. The van der Waals surface area contributed by atoms with Crippen LogP contribution in [-0.4, -0.2) is 9.97 Å². The van der Waals surface area contributed by atoms with Gasteiger partial charge in [-0.1, -0.05) is 49.2 Å². The Balaban J connectivity index is 2.26. The van der Waals surface area contributed by atoms with Crippen LogP contribution in [0.3, 0.4) is 0 Å². The number of nitrogens with zero attached hydrogens (tertiary/aromatic N) is 2. The fourth-order valence-electron chi connectivity index (χ4n) is 2.23. The Labute approximate surface area is 126 Å². The summed E-state index contributed by atoms with van der Waals surface area (Å²) >= 11 is 12.3. The van der Waals surface area contributed by atoms with Crippen LogP contribution in [0, 0.1) is 0 Å². The van der Waals surface area contributed by atoms with Crippen molar-refractivity contribution >= 4 is 34.2 Å². The van der Waals surface area contributed by atoms with Crippen molar-refractivity contribution in [3.05, 3.63) is 46.3 Å². The van der Waals surface area contributed by atoms with Gasteiger partial charge in [0.25, 0.3) is 0 Å². The molecule has 3 nitrogen and oxygen atoms in total. The van der Waals surface area contributed by atoms with Gasteiger partial charge in [0.05, 0.1) is 5.02 Å². The molecular formula is C15H12Cl2N2O. The van der Waals surface area contributed by atoms with E-state index in [0.29, 0.717) is 27.2 Å². The van der Waals surface area contributed by atoms with Crippen LogP contribution in [0.5, 0.6) is 0 Å². The van der Waals surface area contributed by atoms with E-state index < -0.39 is 0 Å². The molecule has 0 N–H and O–H groups in total. The molecule has 0 amide bonds. The molecule has 20 heavy (non-hydrogen) atoms. The second-order valence-corrected chi connectivity index (χ2v) is 5.62. The average molecular weight is 307 g/mol. The van der Waals surface area contributed by atoms with Crippen molar-refractivity contribution < 1.29 is 4.42 Å². The maximum absolute atomic E-state index is 6.19. The zero-order valence-electron chi connectivity index (χ0n) is 11.0. The molecule has 0 radical (unpaired) electrons. The van der Waals surface area contributed by atoms with E-state index in [2.05, 4.69) is 9.97 Å². The van der Waals surface area contributed by atoms with E-state index in [9.17, 15) is 0 Å². The van der Waals surface area contributed by atoms with Gasteiger partial charge in [-0.25, -0.2) is 9.97 Å². The number of halogens is 2. The lowest BCUT2D eigenvalue weighted by Gasteiger charge is -2.10. The van der Waals surface area contributed by atoms with Crippen LogP contribution in [-0.2, 0) is 0 Å². The summed E-state index contributed by atoms with van der Waals surface area (Å²) in [5.74, 6) is 0.850. The van der Waals surface area contributed by atoms with E-state index in [1.54, 1.807) is 6.07 Å². The summed E-state index contributed by atoms with van der Waals surface area (Å²) in [4.78, 5) is 8.37. The third-order valence-electron chi connectivity index (χ3n) is 3.14. The second kappa shape index (κ2) is 5.08. The highest BCUT2D eigenvalue weighted by molar-refractivity contribution is 6.34. The van der Waals surface area contributed by atoms with Crippen molar-refractivity contribution in [2.24, 2.45) is 0 Å². The average Bonchev–Trinajstić information content (AvgIpc) is 2.83. The summed E-state index contributed by atoms with van der Waals surface area (Å²) in [6.45, 7) is 4.09. The van der Waals surface area contributed by atoms with E-state index in [1.807, 2.05) is 32.0 Å². The molecule has 0 unspecified atom stereocenters. The molecule has 0 fully saturated rings. The summed E-state index contributed by atoms with van der Waals surface area (Å²) < 4.78 is 5.85. The fraction of sp³-hybridized carbons (Fsp3) is 0.200. The maximum atomic E-state index is 6.19. The number of hydrogen-bond acceptors (Lipinski definition) is 3.